The monoisotopic (exact) mass is 329 g/mol. The molecule has 7 heteroatoms. The lowest BCUT2D eigenvalue weighted by molar-refractivity contribution is -0.134. The van der Waals surface area contributed by atoms with Gasteiger partial charge in [-0.3, -0.25) is 9.78 Å². The summed E-state index contributed by atoms with van der Waals surface area (Å²) in [5.74, 6) is 1.55. The number of carbonyl (C=O) groups is 1. The molecule has 0 saturated carbocycles. The minimum atomic E-state index is 0.0221. The van der Waals surface area contributed by atoms with Crippen LogP contribution in [0.25, 0.3) is 0 Å². The van der Waals surface area contributed by atoms with Crippen molar-refractivity contribution in [2.75, 3.05) is 19.6 Å². The lowest BCUT2D eigenvalue weighted by Gasteiger charge is -2.36. The van der Waals surface area contributed by atoms with E-state index >= 15 is 0 Å². The molecule has 1 amide bonds. The molecule has 1 atom stereocenters. The third kappa shape index (κ3) is 3.79. The van der Waals surface area contributed by atoms with Gasteiger partial charge in [-0.25, -0.2) is 0 Å². The van der Waals surface area contributed by atoms with E-state index in [2.05, 4.69) is 20.4 Å². The molecule has 0 bridgehead atoms. The topological polar surface area (TPSA) is 84.2 Å². The number of hydrogen-bond donors (Lipinski definition) is 1. The van der Waals surface area contributed by atoms with E-state index < -0.39 is 0 Å². The summed E-state index contributed by atoms with van der Waals surface area (Å²) in [6, 6.07) is 3.94. The smallest absolute Gasteiger partial charge is 0.227 e. The molecule has 1 unspecified atom stereocenters. The van der Waals surface area contributed by atoms with Crippen LogP contribution in [0.1, 0.15) is 49.5 Å². The Hall–Kier alpha value is -2.28. The number of aryl methyl sites for hydroxylation is 1. The summed E-state index contributed by atoms with van der Waals surface area (Å²) in [5, 5.41) is 7.28. The fourth-order valence-electron chi connectivity index (χ4n) is 2.84. The maximum atomic E-state index is 12.7. The molecule has 1 saturated heterocycles. The molecule has 2 aromatic rings. The van der Waals surface area contributed by atoms with Gasteiger partial charge in [0.15, 0.2) is 5.82 Å². The molecule has 1 fully saturated rings. The first-order valence-electron chi connectivity index (χ1n) is 8.37. The van der Waals surface area contributed by atoms with Crippen molar-refractivity contribution in [1.82, 2.24) is 25.3 Å². The van der Waals surface area contributed by atoms with Crippen LogP contribution in [-0.4, -0.2) is 45.6 Å². The van der Waals surface area contributed by atoms with Crippen molar-refractivity contribution in [1.29, 1.82) is 0 Å². The normalized spacial score (nSPS) is 18.1. The van der Waals surface area contributed by atoms with E-state index in [9.17, 15) is 4.79 Å². The van der Waals surface area contributed by atoms with E-state index in [0.29, 0.717) is 31.1 Å². The van der Waals surface area contributed by atoms with Gasteiger partial charge in [0.1, 0.15) is 0 Å². The molecule has 1 N–H and O–H groups in total. The highest BCUT2D eigenvalue weighted by Crippen LogP contribution is 2.22. The fourth-order valence-corrected chi connectivity index (χ4v) is 2.84. The summed E-state index contributed by atoms with van der Waals surface area (Å²) < 4.78 is 5.22. The van der Waals surface area contributed by atoms with Gasteiger partial charge in [-0.2, -0.15) is 4.98 Å². The Balaban J connectivity index is 1.63. The fraction of sp³-hybridized carbons (Fsp3) is 0.529. The molecule has 7 nitrogen and oxygen atoms in total. The van der Waals surface area contributed by atoms with Crippen LogP contribution in [0.4, 0.5) is 0 Å². The SMILES string of the molecule is CC(C)c1noc(CCC(=O)N2CCNCC2c2cccnc2)n1. The molecule has 1 aliphatic rings. The minimum absolute atomic E-state index is 0.0221. The zero-order valence-electron chi connectivity index (χ0n) is 14.1. The standard InChI is InChI=1S/C17H23N5O2/c1-12(2)17-20-15(24-21-17)5-6-16(23)22-9-8-19-11-14(22)13-4-3-7-18-10-13/h3-4,7,10,12,14,19H,5-6,8-9,11H2,1-2H3. The van der Waals surface area contributed by atoms with Crippen molar-refractivity contribution in [2.24, 2.45) is 0 Å². The highest BCUT2D eigenvalue weighted by molar-refractivity contribution is 5.77. The van der Waals surface area contributed by atoms with E-state index in [1.54, 1.807) is 6.20 Å². The second kappa shape index (κ2) is 7.53. The van der Waals surface area contributed by atoms with Crippen molar-refractivity contribution in [3.05, 3.63) is 41.8 Å². The summed E-state index contributed by atoms with van der Waals surface area (Å²) in [4.78, 5) is 23.1. The number of nitrogens with zero attached hydrogens (tertiary/aromatic N) is 4. The maximum Gasteiger partial charge on any atom is 0.227 e. The lowest BCUT2D eigenvalue weighted by atomic mass is 10.0. The highest BCUT2D eigenvalue weighted by Gasteiger charge is 2.28. The van der Waals surface area contributed by atoms with Gasteiger partial charge < -0.3 is 14.7 Å². The first-order valence-corrected chi connectivity index (χ1v) is 8.37. The summed E-state index contributed by atoms with van der Waals surface area (Å²) in [7, 11) is 0. The Morgan fingerprint density at radius 3 is 3.08 bits per heavy atom. The molecular formula is C17H23N5O2. The van der Waals surface area contributed by atoms with Crippen LogP contribution in [0, 0.1) is 0 Å². The van der Waals surface area contributed by atoms with Crippen LogP contribution in [0.15, 0.2) is 29.0 Å². The predicted molar refractivity (Wildman–Crippen MR) is 88.3 cm³/mol. The molecule has 0 aliphatic carbocycles. The third-order valence-corrected chi connectivity index (χ3v) is 4.19. The highest BCUT2D eigenvalue weighted by atomic mass is 16.5. The molecule has 128 valence electrons. The maximum absolute atomic E-state index is 12.7. The lowest BCUT2D eigenvalue weighted by Crippen LogP contribution is -2.48. The molecule has 2 aromatic heterocycles. The average Bonchev–Trinajstić information content (AvgIpc) is 3.10. The van der Waals surface area contributed by atoms with Gasteiger partial charge in [0.05, 0.1) is 6.04 Å². The van der Waals surface area contributed by atoms with Gasteiger partial charge in [0.25, 0.3) is 0 Å². The van der Waals surface area contributed by atoms with Crippen LogP contribution in [-0.2, 0) is 11.2 Å². The van der Waals surface area contributed by atoms with E-state index in [1.165, 1.54) is 0 Å². The molecule has 3 rings (SSSR count). The quantitative estimate of drug-likeness (QED) is 0.899. The number of rotatable bonds is 5. The first-order chi connectivity index (χ1) is 11.6. The summed E-state index contributed by atoms with van der Waals surface area (Å²) in [6.45, 7) is 6.27. The Bertz CT molecular complexity index is 671. The molecule has 0 spiro atoms. The van der Waals surface area contributed by atoms with Gasteiger partial charge in [-0.15, -0.1) is 0 Å². The Labute approximate surface area is 141 Å². The number of nitrogens with one attached hydrogen (secondary N) is 1. The van der Waals surface area contributed by atoms with E-state index in [4.69, 9.17) is 4.52 Å². The summed E-state index contributed by atoms with van der Waals surface area (Å²) in [5.41, 5.74) is 1.05. The second-order valence-corrected chi connectivity index (χ2v) is 6.29. The van der Waals surface area contributed by atoms with Gasteiger partial charge in [-0.05, 0) is 11.6 Å². The van der Waals surface area contributed by atoms with Crippen molar-refractivity contribution in [3.63, 3.8) is 0 Å². The van der Waals surface area contributed by atoms with Crippen LogP contribution < -0.4 is 5.32 Å². The van der Waals surface area contributed by atoms with Gasteiger partial charge >= 0.3 is 0 Å². The first kappa shape index (κ1) is 16.6. The molecule has 0 aromatic carbocycles. The van der Waals surface area contributed by atoms with Crippen molar-refractivity contribution in [2.45, 2.75) is 38.6 Å². The Kier molecular flexibility index (Phi) is 5.20. The second-order valence-electron chi connectivity index (χ2n) is 6.29. The van der Waals surface area contributed by atoms with Crippen LogP contribution in [0.2, 0.25) is 0 Å². The minimum Gasteiger partial charge on any atom is -0.339 e. The third-order valence-electron chi connectivity index (χ3n) is 4.19. The number of aromatic nitrogens is 3. The van der Waals surface area contributed by atoms with Gasteiger partial charge in [-0.1, -0.05) is 25.1 Å². The zero-order valence-corrected chi connectivity index (χ0v) is 14.1. The number of piperazine rings is 1. The van der Waals surface area contributed by atoms with E-state index in [-0.39, 0.29) is 17.9 Å². The Morgan fingerprint density at radius 2 is 2.38 bits per heavy atom. The predicted octanol–water partition coefficient (Wildman–Crippen LogP) is 1.69. The molecule has 0 radical (unpaired) electrons. The summed E-state index contributed by atoms with van der Waals surface area (Å²) in [6.07, 6.45) is 4.41. The Morgan fingerprint density at radius 1 is 1.50 bits per heavy atom. The van der Waals surface area contributed by atoms with E-state index in [0.717, 1.165) is 18.7 Å². The number of pyridine rings is 1. The molecule has 3 heterocycles. The number of carbonyl (C=O) groups excluding carboxylic acids is 1. The average molecular weight is 329 g/mol. The van der Waals surface area contributed by atoms with Crippen molar-refractivity contribution >= 4 is 5.91 Å². The van der Waals surface area contributed by atoms with Crippen molar-refractivity contribution in [3.8, 4) is 0 Å². The molecule has 24 heavy (non-hydrogen) atoms. The summed E-state index contributed by atoms with van der Waals surface area (Å²) >= 11 is 0. The van der Waals surface area contributed by atoms with Crippen LogP contribution in [0.3, 0.4) is 0 Å². The van der Waals surface area contributed by atoms with Crippen LogP contribution >= 0.6 is 0 Å². The van der Waals surface area contributed by atoms with Gasteiger partial charge in [0.2, 0.25) is 11.8 Å². The molecular weight excluding hydrogens is 306 g/mol. The number of amides is 1. The largest absolute Gasteiger partial charge is 0.339 e. The molecule has 1 aliphatic heterocycles. The van der Waals surface area contributed by atoms with Crippen LogP contribution in [0.5, 0.6) is 0 Å². The number of hydrogen-bond acceptors (Lipinski definition) is 6. The van der Waals surface area contributed by atoms with Crippen molar-refractivity contribution < 1.29 is 9.32 Å². The van der Waals surface area contributed by atoms with Gasteiger partial charge in [0, 0.05) is 50.8 Å². The van der Waals surface area contributed by atoms with E-state index in [1.807, 2.05) is 37.1 Å². The zero-order chi connectivity index (χ0) is 16.9.